The molecule has 1 saturated carbocycles. The average Bonchev–Trinajstić information content (AvgIpc) is 2.49. The number of H-pyrrole nitrogens is 1. The summed E-state index contributed by atoms with van der Waals surface area (Å²) in [6.07, 6.45) is 8.08. The van der Waals surface area contributed by atoms with Crippen molar-refractivity contribution in [3.05, 3.63) is 34.2 Å². The number of pyridine rings is 1. The first-order valence-electron chi connectivity index (χ1n) is 7.42. The van der Waals surface area contributed by atoms with Crippen LogP contribution in [-0.4, -0.2) is 34.9 Å². The van der Waals surface area contributed by atoms with E-state index in [4.69, 9.17) is 5.73 Å². The van der Waals surface area contributed by atoms with Crippen molar-refractivity contribution in [3.8, 4) is 0 Å². The lowest BCUT2D eigenvalue weighted by Gasteiger charge is -2.34. The second-order valence-corrected chi connectivity index (χ2v) is 5.37. The maximum atomic E-state index is 12.6. The van der Waals surface area contributed by atoms with Gasteiger partial charge in [0.25, 0.3) is 5.91 Å². The third kappa shape index (κ3) is 3.70. The van der Waals surface area contributed by atoms with Gasteiger partial charge in [-0.1, -0.05) is 19.3 Å². The number of nitrogens with zero attached hydrogens (tertiary/aromatic N) is 1. The minimum Gasteiger partial charge on any atom is -0.336 e. The van der Waals surface area contributed by atoms with E-state index in [9.17, 15) is 9.59 Å². The Labute approximate surface area is 119 Å². The Balaban J connectivity index is 2.13. The number of carbonyl (C=O) groups excluding carboxylic acids is 1. The predicted molar refractivity (Wildman–Crippen MR) is 78.6 cm³/mol. The zero-order chi connectivity index (χ0) is 14.4. The quantitative estimate of drug-likeness (QED) is 0.856. The van der Waals surface area contributed by atoms with Crippen LogP contribution in [0.5, 0.6) is 0 Å². The molecule has 1 aromatic rings. The van der Waals surface area contributed by atoms with E-state index in [2.05, 4.69) is 4.98 Å². The number of hydrogen-bond acceptors (Lipinski definition) is 3. The molecular formula is C15H23N3O2. The Bertz CT molecular complexity index is 472. The van der Waals surface area contributed by atoms with E-state index in [0.717, 1.165) is 19.3 Å². The molecule has 0 aliphatic heterocycles. The van der Waals surface area contributed by atoms with Crippen LogP contribution in [-0.2, 0) is 0 Å². The monoisotopic (exact) mass is 277 g/mol. The van der Waals surface area contributed by atoms with Crippen molar-refractivity contribution in [2.45, 2.75) is 44.6 Å². The maximum Gasteiger partial charge on any atom is 0.255 e. The van der Waals surface area contributed by atoms with Gasteiger partial charge in [0.15, 0.2) is 0 Å². The van der Waals surface area contributed by atoms with Crippen molar-refractivity contribution in [1.82, 2.24) is 9.88 Å². The lowest BCUT2D eigenvalue weighted by molar-refractivity contribution is 0.0632. The highest BCUT2D eigenvalue weighted by Gasteiger charge is 2.25. The van der Waals surface area contributed by atoms with Gasteiger partial charge in [0.1, 0.15) is 0 Å². The molecule has 20 heavy (non-hydrogen) atoms. The van der Waals surface area contributed by atoms with Crippen molar-refractivity contribution in [2.75, 3.05) is 13.1 Å². The van der Waals surface area contributed by atoms with Crippen LogP contribution in [0, 0.1) is 0 Å². The minimum absolute atomic E-state index is 0.00148. The van der Waals surface area contributed by atoms with Gasteiger partial charge < -0.3 is 15.6 Å². The number of nitrogens with one attached hydrogen (secondary N) is 1. The topological polar surface area (TPSA) is 79.2 Å². The number of aromatic amines is 1. The second kappa shape index (κ2) is 7.24. The van der Waals surface area contributed by atoms with Crippen molar-refractivity contribution < 1.29 is 4.79 Å². The molecule has 0 unspecified atom stereocenters. The Hall–Kier alpha value is -1.62. The van der Waals surface area contributed by atoms with Crippen LogP contribution >= 0.6 is 0 Å². The van der Waals surface area contributed by atoms with Crippen molar-refractivity contribution in [1.29, 1.82) is 0 Å². The fourth-order valence-electron chi connectivity index (χ4n) is 2.81. The Morgan fingerprint density at radius 2 is 2.05 bits per heavy atom. The lowest BCUT2D eigenvalue weighted by atomic mass is 9.93. The standard InChI is InChI=1S/C15H23N3O2/c16-9-4-10-18(13-5-2-1-3-6-13)15(20)12-7-8-14(19)17-11-12/h7-8,11,13H,1-6,9-10,16H2,(H,17,19). The molecule has 1 amide bonds. The highest BCUT2D eigenvalue weighted by Crippen LogP contribution is 2.24. The molecule has 1 heterocycles. The molecule has 1 aliphatic carbocycles. The molecule has 110 valence electrons. The summed E-state index contributed by atoms with van der Waals surface area (Å²) < 4.78 is 0. The molecule has 5 nitrogen and oxygen atoms in total. The molecule has 0 spiro atoms. The lowest BCUT2D eigenvalue weighted by Crippen LogP contribution is -2.42. The first-order chi connectivity index (χ1) is 9.72. The highest BCUT2D eigenvalue weighted by atomic mass is 16.2. The molecule has 1 aliphatic rings. The zero-order valence-corrected chi connectivity index (χ0v) is 11.8. The molecule has 1 aromatic heterocycles. The van der Waals surface area contributed by atoms with Gasteiger partial charge in [-0.2, -0.15) is 0 Å². The maximum absolute atomic E-state index is 12.6. The summed E-state index contributed by atoms with van der Waals surface area (Å²) in [6.45, 7) is 1.28. The fraction of sp³-hybridized carbons (Fsp3) is 0.600. The average molecular weight is 277 g/mol. The van der Waals surface area contributed by atoms with Crippen LogP contribution in [0.25, 0.3) is 0 Å². The van der Waals surface area contributed by atoms with Gasteiger partial charge in [0.05, 0.1) is 5.56 Å². The van der Waals surface area contributed by atoms with Crippen LogP contribution < -0.4 is 11.3 Å². The molecule has 0 atom stereocenters. The van der Waals surface area contributed by atoms with Crippen LogP contribution in [0.2, 0.25) is 0 Å². The van der Waals surface area contributed by atoms with Crippen molar-refractivity contribution in [2.24, 2.45) is 5.73 Å². The molecule has 0 bridgehead atoms. The van der Waals surface area contributed by atoms with Gasteiger partial charge in [-0.15, -0.1) is 0 Å². The van der Waals surface area contributed by atoms with Gasteiger partial charge in [-0.05, 0) is 31.9 Å². The Morgan fingerprint density at radius 1 is 1.30 bits per heavy atom. The van der Waals surface area contributed by atoms with Crippen LogP contribution in [0.3, 0.4) is 0 Å². The molecule has 0 saturated heterocycles. The van der Waals surface area contributed by atoms with Crippen LogP contribution in [0.1, 0.15) is 48.9 Å². The Kier molecular flexibility index (Phi) is 5.35. The minimum atomic E-state index is -0.187. The van der Waals surface area contributed by atoms with Crippen LogP contribution in [0.4, 0.5) is 0 Å². The number of rotatable bonds is 5. The highest BCUT2D eigenvalue weighted by molar-refractivity contribution is 5.94. The summed E-state index contributed by atoms with van der Waals surface area (Å²) in [5, 5.41) is 0. The van der Waals surface area contributed by atoms with Crippen molar-refractivity contribution >= 4 is 5.91 Å². The van der Waals surface area contributed by atoms with E-state index in [0.29, 0.717) is 24.7 Å². The van der Waals surface area contributed by atoms with E-state index in [1.165, 1.54) is 31.5 Å². The second-order valence-electron chi connectivity index (χ2n) is 5.37. The van der Waals surface area contributed by atoms with E-state index >= 15 is 0 Å². The predicted octanol–water partition coefficient (Wildman–Crippen LogP) is 1.50. The first kappa shape index (κ1) is 14.8. The molecule has 5 heteroatoms. The van der Waals surface area contributed by atoms with Gasteiger partial charge in [0, 0.05) is 24.8 Å². The summed E-state index contributed by atoms with van der Waals surface area (Å²) >= 11 is 0. The van der Waals surface area contributed by atoms with E-state index < -0.39 is 0 Å². The molecule has 0 aromatic carbocycles. The third-order valence-electron chi connectivity index (χ3n) is 3.91. The van der Waals surface area contributed by atoms with E-state index in [-0.39, 0.29) is 11.5 Å². The Morgan fingerprint density at radius 3 is 2.65 bits per heavy atom. The number of carbonyl (C=O) groups is 1. The smallest absolute Gasteiger partial charge is 0.255 e. The molecular weight excluding hydrogens is 254 g/mol. The summed E-state index contributed by atoms with van der Waals surface area (Å²) in [6, 6.07) is 3.31. The molecule has 3 N–H and O–H groups in total. The summed E-state index contributed by atoms with van der Waals surface area (Å²) in [5.74, 6) is 0.00148. The van der Waals surface area contributed by atoms with Gasteiger partial charge in [-0.3, -0.25) is 9.59 Å². The first-order valence-corrected chi connectivity index (χ1v) is 7.42. The number of aromatic nitrogens is 1. The zero-order valence-electron chi connectivity index (χ0n) is 11.8. The normalized spacial score (nSPS) is 16.1. The van der Waals surface area contributed by atoms with Gasteiger partial charge in [-0.25, -0.2) is 0 Å². The molecule has 2 rings (SSSR count). The number of nitrogens with two attached hydrogens (primary N) is 1. The summed E-state index contributed by atoms with van der Waals surface area (Å²) in [4.78, 5) is 28.2. The molecule has 0 radical (unpaired) electrons. The fourth-order valence-corrected chi connectivity index (χ4v) is 2.81. The van der Waals surface area contributed by atoms with E-state index in [1.54, 1.807) is 6.07 Å². The van der Waals surface area contributed by atoms with Crippen molar-refractivity contribution in [3.63, 3.8) is 0 Å². The third-order valence-corrected chi connectivity index (χ3v) is 3.91. The van der Waals surface area contributed by atoms with Gasteiger partial charge in [0.2, 0.25) is 5.56 Å². The van der Waals surface area contributed by atoms with Crippen LogP contribution in [0.15, 0.2) is 23.1 Å². The summed E-state index contributed by atoms with van der Waals surface area (Å²) in [5.41, 5.74) is 5.94. The van der Waals surface area contributed by atoms with E-state index in [1.807, 2.05) is 4.90 Å². The largest absolute Gasteiger partial charge is 0.336 e. The van der Waals surface area contributed by atoms with Gasteiger partial charge >= 0.3 is 0 Å². The SMILES string of the molecule is NCCCN(C(=O)c1ccc(=O)[nH]c1)C1CCCCC1. The molecule has 1 fully saturated rings. The summed E-state index contributed by atoms with van der Waals surface area (Å²) in [7, 11) is 0. The number of amides is 1. The number of hydrogen-bond donors (Lipinski definition) is 2.